The van der Waals surface area contributed by atoms with Crippen LogP contribution in [0.2, 0.25) is 0 Å². The number of halogens is 1. The predicted molar refractivity (Wildman–Crippen MR) is 137 cm³/mol. The maximum absolute atomic E-state index is 15.1. The summed E-state index contributed by atoms with van der Waals surface area (Å²) in [5.41, 5.74) is 3.05. The number of hydrogen-bond donors (Lipinski definition) is 1. The van der Waals surface area contributed by atoms with Crippen molar-refractivity contribution in [2.24, 2.45) is 0 Å². The van der Waals surface area contributed by atoms with E-state index in [2.05, 4.69) is 9.97 Å². The Bertz CT molecular complexity index is 1600. The van der Waals surface area contributed by atoms with E-state index in [1.165, 1.54) is 19.2 Å². The molecular formula is C29H23FN2O4. The van der Waals surface area contributed by atoms with E-state index in [4.69, 9.17) is 14.2 Å². The molecule has 0 unspecified atom stereocenters. The quantitative estimate of drug-likeness (QED) is 0.302. The van der Waals surface area contributed by atoms with Crippen LogP contribution in [0.3, 0.4) is 0 Å². The van der Waals surface area contributed by atoms with Crippen molar-refractivity contribution in [1.29, 1.82) is 0 Å². The number of H-pyrrole nitrogens is 1. The van der Waals surface area contributed by atoms with Crippen LogP contribution in [0.25, 0.3) is 22.0 Å². The minimum absolute atomic E-state index is 0.0261. The third-order valence-electron chi connectivity index (χ3n) is 5.88. The molecule has 0 radical (unpaired) electrons. The summed E-state index contributed by atoms with van der Waals surface area (Å²) in [5, 5.41) is 0.643. The molecule has 2 heterocycles. The fraction of sp³-hybridized carbons (Fsp3) is 0.103. The number of aromatic amines is 1. The van der Waals surface area contributed by atoms with Gasteiger partial charge in [-0.15, -0.1) is 0 Å². The molecule has 5 aromatic rings. The van der Waals surface area contributed by atoms with Crippen LogP contribution in [0.15, 0.2) is 89.9 Å². The Morgan fingerprint density at radius 1 is 0.833 bits per heavy atom. The molecule has 0 amide bonds. The Labute approximate surface area is 206 Å². The van der Waals surface area contributed by atoms with Gasteiger partial charge in [0.2, 0.25) is 0 Å². The van der Waals surface area contributed by atoms with Gasteiger partial charge < -0.3 is 19.2 Å². The lowest BCUT2D eigenvalue weighted by Crippen LogP contribution is -2.11. The number of fused-ring (bicyclic) bond motifs is 1. The molecule has 0 fully saturated rings. The normalized spacial score (nSPS) is 10.9. The molecule has 0 saturated heterocycles. The van der Waals surface area contributed by atoms with E-state index in [9.17, 15) is 4.79 Å². The van der Waals surface area contributed by atoms with E-state index in [0.717, 1.165) is 11.3 Å². The highest BCUT2D eigenvalue weighted by molar-refractivity contribution is 5.88. The molecule has 0 bridgehead atoms. The molecule has 1 N–H and O–H groups in total. The van der Waals surface area contributed by atoms with Gasteiger partial charge in [0.05, 0.1) is 19.7 Å². The third-order valence-corrected chi connectivity index (χ3v) is 5.88. The molecule has 180 valence electrons. The van der Waals surface area contributed by atoms with Crippen molar-refractivity contribution >= 4 is 10.9 Å². The molecule has 0 aliphatic rings. The van der Waals surface area contributed by atoms with Crippen molar-refractivity contribution in [2.75, 3.05) is 14.2 Å². The fourth-order valence-electron chi connectivity index (χ4n) is 4.07. The Morgan fingerprint density at radius 3 is 2.33 bits per heavy atom. The van der Waals surface area contributed by atoms with Crippen molar-refractivity contribution < 1.29 is 18.6 Å². The van der Waals surface area contributed by atoms with Crippen molar-refractivity contribution in [2.45, 2.75) is 6.42 Å². The first-order chi connectivity index (χ1) is 17.6. The smallest absolute Gasteiger partial charge is 0.256 e. The number of benzene rings is 3. The van der Waals surface area contributed by atoms with Gasteiger partial charge in [-0.25, -0.2) is 4.39 Å². The summed E-state index contributed by atoms with van der Waals surface area (Å²) in [5.74, 6) is 0.887. The first kappa shape index (κ1) is 23.1. The van der Waals surface area contributed by atoms with E-state index in [1.54, 1.807) is 43.6 Å². The number of hydrogen-bond acceptors (Lipinski definition) is 5. The summed E-state index contributed by atoms with van der Waals surface area (Å²) in [6.45, 7) is 0. The van der Waals surface area contributed by atoms with E-state index >= 15 is 4.39 Å². The van der Waals surface area contributed by atoms with Gasteiger partial charge in [-0.1, -0.05) is 36.4 Å². The molecule has 2 aromatic heterocycles. The van der Waals surface area contributed by atoms with Gasteiger partial charge in [-0.3, -0.25) is 9.78 Å². The Balaban J connectivity index is 1.42. The predicted octanol–water partition coefficient (Wildman–Crippen LogP) is 6.13. The molecule has 36 heavy (non-hydrogen) atoms. The van der Waals surface area contributed by atoms with Gasteiger partial charge in [0.1, 0.15) is 5.75 Å². The lowest BCUT2D eigenvalue weighted by atomic mass is 10.0. The van der Waals surface area contributed by atoms with Crippen LogP contribution in [0, 0.1) is 5.82 Å². The Kier molecular flexibility index (Phi) is 6.36. The lowest BCUT2D eigenvalue weighted by molar-refractivity contribution is 0.355. The van der Waals surface area contributed by atoms with E-state index in [1.807, 2.05) is 36.4 Å². The van der Waals surface area contributed by atoms with Gasteiger partial charge >= 0.3 is 0 Å². The standard InChI is InChI=1S/C29H23FN2O4/c1-34-27-16-22-24(17-28(27)35-2)31-13-12-25(22)36-26-11-8-19(15-23(26)30)21-10-9-20(32-29(21)33)14-18-6-4-3-5-7-18/h3-13,15-17H,14H2,1-2H3,(H,32,33). The second-order valence-electron chi connectivity index (χ2n) is 8.17. The SMILES string of the molecule is COc1cc2nccc(Oc3ccc(-c4ccc(Cc5ccccc5)[nH]c4=O)cc3F)c2cc1OC. The average molecular weight is 483 g/mol. The summed E-state index contributed by atoms with van der Waals surface area (Å²) < 4.78 is 31.7. The molecule has 0 atom stereocenters. The molecule has 0 spiro atoms. The van der Waals surface area contributed by atoms with Crippen LogP contribution < -0.4 is 19.8 Å². The molecule has 6 nitrogen and oxygen atoms in total. The topological polar surface area (TPSA) is 73.4 Å². The number of aromatic nitrogens is 2. The van der Waals surface area contributed by atoms with E-state index < -0.39 is 5.82 Å². The summed E-state index contributed by atoms with van der Waals surface area (Å²) in [6, 6.07) is 23.0. The summed E-state index contributed by atoms with van der Waals surface area (Å²) in [4.78, 5) is 20.0. The number of rotatable bonds is 7. The second kappa shape index (κ2) is 9.92. The first-order valence-corrected chi connectivity index (χ1v) is 11.3. The number of nitrogens with one attached hydrogen (secondary N) is 1. The number of nitrogens with zero attached hydrogens (tertiary/aromatic N) is 1. The van der Waals surface area contributed by atoms with Crippen molar-refractivity contribution in [3.8, 4) is 34.1 Å². The third kappa shape index (κ3) is 4.63. The number of pyridine rings is 2. The fourth-order valence-corrected chi connectivity index (χ4v) is 4.07. The minimum atomic E-state index is -0.592. The Hall–Kier alpha value is -4.65. The van der Waals surface area contributed by atoms with E-state index in [0.29, 0.717) is 45.7 Å². The van der Waals surface area contributed by atoms with Gasteiger partial charge in [-0.2, -0.15) is 0 Å². The number of methoxy groups -OCH3 is 2. The first-order valence-electron chi connectivity index (χ1n) is 11.3. The van der Waals surface area contributed by atoms with Crippen LogP contribution in [0.1, 0.15) is 11.3 Å². The molecule has 0 saturated carbocycles. The molecule has 0 aliphatic carbocycles. The number of ether oxygens (including phenoxy) is 3. The Morgan fingerprint density at radius 2 is 1.61 bits per heavy atom. The zero-order valence-electron chi connectivity index (χ0n) is 19.7. The highest BCUT2D eigenvalue weighted by Gasteiger charge is 2.14. The van der Waals surface area contributed by atoms with Crippen molar-refractivity contribution in [3.05, 3.63) is 112 Å². The van der Waals surface area contributed by atoms with Gasteiger partial charge in [0, 0.05) is 35.3 Å². The molecule has 5 rings (SSSR count). The minimum Gasteiger partial charge on any atom is -0.493 e. The highest BCUT2D eigenvalue weighted by Crippen LogP contribution is 2.37. The average Bonchev–Trinajstić information content (AvgIpc) is 2.90. The molecular weight excluding hydrogens is 459 g/mol. The monoisotopic (exact) mass is 482 g/mol. The largest absolute Gasteiger partial charge is 0.493 e. The maximum Gasteiger partial charge on any atom is 0.256 e. The zero-order chi connectivity index (χ0) is 25.1. The van der Waals surface area contributed by atoms with Gasteiger partial charge in [0.25, 0.3) is 5.56 Å². The van der Waals surface area contributed by atoms with Crippen molar-refractivity contribution in [1.82, 2.24) is 9.97 Å². The van der Waals surface area contributed by atoms with Crippen molar-refractivity contribution in [3.63, 3.8) is 0 Å². The summed E-state index contributed by atoms with van der Waals surface area (Å²) in [6.07, 6.45) is 2.18. The van der Waals surface area contributed by atoms with Crippen LogP contribution in [0.5, 0.6) is 23.0 Å². The second-order valence-corrected chi connectivity index (χ2v) is 8.17. The van der Waals surface area contributed by atoms with Crippen LogP contribution in [-0.4, -0.2) is 24.2 Å². The van der Waals surface area contributed by atoms with Gasteiger partial charge in [0.15, 0.2) is 23.1 Å². The molecule has 0 aliphatic heterocycles. The van der Waals surface area contributed by atoms with Crippen LogP contribution in [-0.2, 0) is 6.42 Å². The molecule has 3 aromatic carbocycles. The van der Waals surface area contributed by atoms with Gasteiger partial charge in [-0.05, 0) is 47.5 Å². The van der Waals surface area contributed by atoms with E-state index in [-0.39, 0.29) is 11.3 Å². The highest BCUT2D eigenvalue weighted by atomic mass is 19.1. The molecule has 7 heteroatoms. The van der Waals surface area contributed by atoms with Crippen LogP contribution in [0.4, 0.5) is 4.39 Å². The maximum atomic E-state index is 15.1. The summed E-state index contributed by atoms with van der Waals surface area (Å²) in [7, 11) is 3.08. The van der Waals surface area contributed by atoms with Crippen LogP contribution >= 0.6 is 0 Å². The lowest BCUT2D eigenvalue weighted by Gasteiger charge is -2.13. The summed E-state index contributed by atoms with van der Waals surface area (Å²) >= 11 is 0. The zero-order valence-corrected chi connectivity index (χ0v) is 19.7.